The Bertz CT molecular complexity index is 339. The zero-order chi connectivity index (χ0) is 11.6. The highest BCUT2D eigenvalue weighted by molar-refractivity contribution is 5.21. The van der Waals surface area contributed by atoms with E-state index in [1.807, 2.05) is 24.5 Å². The normalized spacial score (nSPS) is 10.0. The van der Waals surface area contributed by atoms with Crippen molar-refractivity contribution in [1.82, 2.24) is 0 Å². The molecule has 0 N–H and O–H groups in total. The molecule has 0 atom stereocenters. The van der Waals surface area contributed by atoms with Gasteiger partial charge in [0.15, 0.2) is 12.4 Å². The molecule has 0 aliphatic carbocycles. The van der Waals surface area contributed by atoms with Crippen LogP contribution in [0.2, 0.25) is 0 Å². The van der Waals surface area contributed by atoms with Crippen LogP contribution in [0.4, 0.5) is 0 Å². The molecule has 0 spiro atoms. The second-order valence-electron chi connectivity index (χ2n) is 4.21. The lowest BCUT2D eigenvalue weighted by atomic mass is 10.1. The maximum Gasteiger partial charge on any atom is 0.186 e. The Balaban J connectivity index is 2.19. The monoisotopic (exact) mass is 217 g/mol. The Morgan fingerprint density at radius 1 is 1.19 bits per heavy atom. The van der Waals surface area contributed by atoms with Crippen molar-refractivity contribution in [2.75, 3.05) is 0 Å². The fraction of sp³-hybridized carbons (Fsp3) is 0.571. The lowest BCUT2D eigenvalue weighted by Gasteiger charge is -1.98. The lowest BCUT2D eigenvalue weighted by Crippen LogP contribution is -2.32. The molecule has 1 aromatic heterocycles. The van der Waals surface area contributed by atoms with Gasteiger partial charge >= 0.3 is 0 Å². The highest BCUT2D eigenvalue weighted by atomic mass is 14.9. The van der Waals surface area contributed by atoms with Gasteiger partial charge in [-0.2, -0.15) is 5.26 Å². The van der Waals surface area contributed by atoms with Gasteiger partial charge in [-0.25, -0.2) is 4.57 Å². The third kappa shape index (κ3) is 4.93. The number of rotatable bonds is 7. The van der Waals surface area contributed by atoms with E-state index < -0.39 is 0 Å². The highest BCUT2D eigenvalue weighted by Crippen LogP contribution is 2.04. The molecule has 2 heteroatoms. The van der Waals surface area contributed by atoms with Gasteiger partial charge in [-0.05, 0) is 12.5 Å². The van der Waals surface area contributed by atoms with Crippen LogP contribution in [0.1, 0.15) is 51.0 Å². The molecule has 1 rings (SSSR count). The summed E-state index contributed by atoms with van der Waals surface area (Å²) in [5, 5.41) is 8.77. The lowest BCUT2D eigenvalue weighted by molar-refractivity contribution is -0.697. The minimum absolute atomic E-state index is 0.744. The average Bonchev–Trinajstić information content (AvgIpc) is 2.34. The topological polar surface area (TPSA) is 27.7 Å². The quantitative estimate of drug-likeness (QED) is 0.509. The number of hydrogen-bond acceptors (Lipinski definition) is 1. The number of nitriles is 1. The zero-order valence-electron chi connectivity index (χ0n) is 10.2. The van der Waals surface area contributed by atoms with E-state index in [1.54, 1.807) is 0 Å². The van der Waals surface area contributed by atoms with Crippen molar-refractivity contribution in [1.29, 1.82) is 5.26 Å². The maximum atomic E-state index is 8.77. The minimum atomic E-state index is 0.744. The smallest absolute Gasteiger partial charge is 0.186 e. The molecule has 1 aromatic rings. The summed E-state index contributed by atoms with van der Waals surface area (Å²) in [7, 11) is 0. The highest BCUT2D eigenvalue weighted by Gasteiger charge is 2.01. The van der Waals surface area contributed by atoms with E-state index in [-0.39, 0.29) is 0 Å². The number of unbranched alkanes of at least 4 members (excludes halogenated alkanes) is 5. The second kappa shape index (κ2) is 7.87. The van der Waals surface area contributed by atoms with Crippen LogP contribution in [0.5, 0.6) is 0 Å². The molecule has 0 aromatic carbocycles. The maximum absolute atomic E-state index is 8.77. The van der Waals surface area contributed by atoms with E-state index in [4.69, 9.17) is 5.26 Å². The van der Waals surface area contributed by atoms with E-state index in [9.17, 15) is 0 Å². The summed E-state index contributed by atoms with van der Waals surface area (Å²) in [6.45, 7) is 3.27. The van der Waals surface area contributed by atoms with E-state index in [0.717, 1.165) is 12.1 Å². The molecule has 0 saturated carbocycles. The van der Waals surface area contributed by atoms with Crippen molar-refractivity contribution in [3.63, 3.8) is 0 Å². The van der Waals surface area contributed by atoms with Crippen LogP contribution >= 0.6 is 0 Å². The van der Waals surface area contributed by atoms with E-state index >= 15 is 0 Å². The summed E-state index contributed by atoms with van der Waals surface area (Å²) >= 11 is 0. The van der Waals surface area contributed by atoms with Crippen LogP contribution in [0, 0.1) is 11.3 Å². The predicted molar refractivity (Wildman–Crippen MR) is 64.7 cm³/mol. The van der Waals surface area contributed by atoms with E-state index in [2.05, 4.69) is 17.6 Å². The van der Waals surface area contributed by atoms with Crippen LogP contribution in [-0.4, -0.2) is 0 Å². The van der Waals surface area contributed by atoms with Gasteiger partial charge in [0, 0.05) is 12.5 Å². The molecule has 2 nitrogen and oxygen atoms in total. The largest absolute Gasteiger partial charge is 0.204 e. The summed E-state index contributed by atoms with van der Waals surface area (Å²) in [5.41, 5.74) is 0.744. The molecule has 0 amide bonds. The fourth-order valence-corrected chi connectivity index (χ4v) is 1.80. The van der Waals surface area contributed by atoms with Crippen molar-refractivity contribution in [3.8, 4) is 6.07 Å². The molecule has 0 saturated heterocycles. The van der Waals surface area contributed by atoms with Crippen molar-refractivity contribution in [3.05, 3.63) is 30.1 Å². The predicted octanol–water partition coefficient (Wildman–Crippen LogP) is 3.21. The van der Waals surface area contributed by atoms with E-state index in [0.29, 0.717) is 0 Å². The van der Waals surface area contributed by atoms with Crippen LogP contribution < -0.4 is 4.57 Å². The molecule has 1 heterocycles. The van der Waals surface area contributed by atoms with Gasteiger partial charge in [0.05, 0.1) is 0 Å². The first kappa shape index (κ1) is 12.7. The summed E-state index contributed by atoms with van der Waals surface area (Å²) in [6, 6.07) is 5.95. The molecule has 0 radical (unpaired) electrons. The third-order valence-electron chi connectivity index (χ3n) is 2.76. The third-order valence-corrected chi connectivity index (χ3v) is 2.76. The number of hydrogen-bond donors (Lipinski definition) is 0. The Morgan fingerprint density at radius 3 is 2.69 bits per heavy atom. The van der Waals surface area contributed by atoms with Gasteiger partial charge in [0.1, 0.15) is 18.2 Å². The molecule has 0 unspecified atom stereocenters. The molecule has 0 bridgehead atoms. The summed E-state index contributed by atoms with van der Waals surface area (Å²) in [6.07, 6.45) is 11.8. The van der Waals surface area contributed by atoms with Gasteiger partial charge in [-0.15, -0.1) is 0 Å². The first-order valence-corrected chi connectivity index (χ1v) is 6.26. The van der Waals surface area contributed by atoms with Gasteiger partial charge in [-0.3, -0.25) is 0 Å². The molecule has 0 aliphatic rings. The van der Waals surface area contributed by atoms with Gasteiger partial charge < -0.3 is 0 Å². The first-order valence-electron chi connectivity index (χ1n) is 6.26. The van der Waals surface area contributed by atoms with Crippen LogP contribution in [0.3, 0.4) is 0 Å². The van der Waals surface area contributed by atoms with E-state index in [1.165, 1.54) is 38.5 Å². The molecule has 0 fully saturated rings. The van der Waals surface area contributed by atoms with Crippen molar-refractivity contribution < 1.29 is 4.57 Å². The van der Waals surface area contributed by atoms with Crippen molar-refractivity contribution >= 4 is 0 Å². The molecular weight excluding hydrogens is 196 g/mol. The van der Waals surface area contributed by atoms with Crippen molar-refractivity contribution in [2.24, 2.45) is 0 Å². The average molecular weight is 217 g/mol. The summed E-state index contributed by atoms with van der Waals surface area (Å²) < 4.78 is 2.11. The first-order chi connectivity index (χ1) is 7.86. The summed E-state index contributed by atoms with van der Waals surface area (Å²) in [4.78, 5) is 0. The van der Waals surface area contributed by atoms with Crippen LogP contribution in [0.15, 0.2) is 24.5 Å². The minimum Gasteiger partial charge on any atom is -0.204 e. The molecule has 16 heavy (non-hydrogen) atoms. The molecule has 86 valence electrons. The number of aromatic nitrogens is 1. The van der Waals surface area contributed by atoms with Crippen molar-refractivity contribution in [2.45, 2.75) is 52.0 Å². The van der Waals surface area contributed by atoms with Gasteiger partial charge in [0.2, 0.25) is 0 Å². The second-order valence-corrected chi connectivity index (χ2v) is 4.21. The summed E-state index contributed by atoms with van der Waals surface area (Å²) in [5.74, 6) is 0. The number of pyridine rings is 1. The Morgan fingerprint density at radius 2 is 1.94 bits per heavy atom. The Kier molecular flexibility index (Phi) is 6.25. The zero-order valence-corrected chi connectivity index (χ0v) is 10.2. The van der Waals surface area contributed by atoms with Crippen LogP contribution in [0.25, 0.3) is 0 Å². The Hall–Kier alpha value is -1.36. The fourth-order valence-electron chi connectivity index (χ4n) is 1.80. The standard InChI is InChI=1S/C14H21N2/c1-2-3-4-5-6-7-10-16-11-8-9-14(12-15)13-16/h8-9,11,13H,2-7,10H2,1H3/q+1. The number of aryl methyl sites for hydroxylation is 1. The van der Waals surface area contributed by atoms with Crippen LogP contribution in [-0.2, 0) is 6.54 Å². The van der Waals surface area contributed by atoms with Gasteiger partial charge in [-0.1, -0.05) is 32.6 Å². The number of nitrogens with zero attached hydrogens (tertiary/aromatic N) is 2. The molecular formula is C14H21N2+. The SMILES string of the molecule is CCCCCCCC[n+]1cccc(C#N)c1. The Labute approximate surface area is 98.5 Å². The van der Waals surface area contributed by atoms with Gasteiger partial charge in [0.25, 0.3) is 0 Å². The molecule has 0 aliphatic heterocycles.